The van der Waals surface area contributed by atoms with Crippen LogP contribution in [0.1, 0.15) is 42.4 Å². The first-order chi connectivity index (χ1) is 14.0. The molecule has 10 heteroatoms. The molecule has 30 heavy (non-hydrogen) atoms. The average molecular weight is 418 g/mol. The Labute approximate surface area is 174 Å². The molecule has 0 spiro atoms. The normalized spacial score (nSPS) is 12.9. The fourth-order valence-electron chi connectivity index (χ4n) is 3.03. The van der Waals surface area contributed by atoms with Crippen LogP contribution in [0.2, 0.25) is 0 Å². The molecular formula is C20H27FN6O3. The number of carboxylic acid groups (broad SMARTS) is 1. The Morgan fingerprint density at radius 1 is 1.17 bits per heavy atom. The van der Waals surface area contributed by atoms with Crippen molar-refractivity contribution in [1.82, 2.24) is 15.3 Å². The number of pyridine rings is 2. The highest BCUT2D eigenvalue weighted by Gasteiger charge is 2.25. The number of aryl methyl sites for hydroxylation is 2. The Balaban J connectivity index is 2.42. The summed E-state index contributed by atoms with van der Waals surface area (Å²) >= 11 is 0. The van der Waals surface area contributed by atoms with Crippen molar-refractivity contribution in [3.63, 3.8) is 0 Å². The third-order valence-electron chi connectivity index (χ3n) is 4.76. The van der Waals surface area contributed by atoms with Crippen LogP contribution in [-0.2, 0) is 0 Å². The first-order valence-electron chi connectivity index (χ1n) is 9.46. The van der Waals surface area contributed by atoms with Crippen molar-refractivity contribution in [1.29, 1.82) is 0 Å². The summed E-state index contributed by atoms with van der Waals surface area (Å²) in [5.41, 5.74) is 7.62. The number of anilines is 3. The maximum atomic E-state index is 14.7. The van der Waals surface area contributed by atoms with Crippen LogP contribution < -0.4 is 21.7 Å². The molecular weight excluding hydrogens is 391 g/mol. The van der Waals surface area contributed by atoms with Gasteiger partial charge < -0.3 is 26.8 Å². The van der Waals surface area contributed by atoms with Gasteiger partial charge in [0.15, 0.2) is 11.6 Å². The third-order valence-corrected chi connectivity index (χ3v) is 4.76. The Morgan fingerprint density at radius 3 is 2.37 bits per heavy atom. The second kappa shape index (κ2) is 9.38. The van der Waals surface area contributed by atoms with E-state index in [0.717, 1.165) is 17.3 Å². The van der Waals surface area contributed by atoms with Crippen LogP contribution in [0, 0.1) is 25.6 Å². The largest absolute Gasteiger partial charge is 0.465 e. The molecule has 0 aliphatic rings. The van der Waals surface area contributed by atoms with Gasteiger partial charge in [-0.05, 0) is 44.4 Å². The molecule has 0 unspecified atom stereocenters. The summed E-state index contributed by atoms with van der Waals surface area (Å²) in [7, 11) is 0. The monoisotopic (exact) mass is 418 g/mol. The van der Waals surface area contributed by atoms with Gasteiger partial charge in [0.25, 0.3) is 5.91 Å². The van der Waals surface area contributed by atoms with Gasteiger partial charge in [0.05, 0.1) is 17.4 Å². The molecule has 2 rings (SSSR count). The van der Waals surface area contributed by atoms with E-state index in [1.807, 2.05) is 33.8 Å². The van der Waals surface area contributed by atoms with Gasteiger partial charge in [0.2, 0.25) is 0 Å². The SMILES string of the molecule is Cc1cc(Nc2nc(N[C@@H](C(C)C)[C@H](C)NC(=O)O)c(F)cc2C(N)=O)cnc1C. The van der Waals surface area contributed by atoms with Gasteiger partial charge in [-0.2, -0.15) is 0 Å². The van der Waals surface area contributed by atoms with E-state index in [2.05, 4.69) is 25.9 Å². The molecule has 0 aromatic carbocycles. The zero-order chi connectivity index (χ0) is 22.6. The number of nitrogens with two attached hydrogens (primary N) is 1. The highest BCUT2D eigenvalue weighted by molar-refractivity contribution is 5.98. The molecule has 0 saturated heterocycles. The molecule has 0 aliphatic carbocycles. The molecule has 2 aromatic rings. The van der Waals surface area contributed by atoms with Gasteiger partial charge in [-0.15, -0.1) is 0 Å². The second-order valence-corrected chi connectivity index (χ2v) is 7.48. The maximum absolute atomic E-state index is 14.7. The molecule has 0 aliphatic heterocycles. The minimum Gasteiger partial charge on any atom is -0.465 e. The van der Waals surface area contributed by atoms with E-state index < -0.39 is 29.9 Å². The summed E-state index contributed by atoms with van der Waals surface area (Å²) in [6.45, 7) is 9.16. The van der Waals surface area contributed by atoms with Gasteiger partial charge in [-0.25, -0.2) is 14.2 Å². The molecule has 0 fully saturated rings. The number of primary amides is 1. The average Bonchev–Trinajstić information content (AvgIpc) is 2.63. The number of nitrogens with one attached hydrogen (secondary N) is 3. The smallest absolute Gasteiger partial charge is 0.404 e. The number of hydrogen-bond donors (Lipinski definition) is 5. The van der Waals surface area contributed by atoms with Crippen LogP contribution in [0.4, 0.5) is 26.5 Å². The van der Waals surface area contributed by atoms with E-state index in [9.17, 15) is 14.0 Å². The summed E-state index contributed by atoms with van der Waals surface area (Å²) < 4.78 is 14.7. The summed E-state index contributed by atoms with van der Waals surface area (Å²) in [5, 5.41) is 17.3. The number of aromatic nitrogens is 2. The number of nitrogens with zero attached hydrogens (tertiary/aromatic N) is 2. The van der Waals surface area contributed by atoms with Gasteiger partial charge in [-0.3, -0.25) is 9.78 Å². The van der Waals surface area contributed by atoms with Crippen LogP contribution in [0.3, 0.4) is 0 Å². The number of carbonyl (C=O) groups excluding carboxylic acids is 1. The van der Waals surface area contributed by atoms with E-state index in [-0.39, 0.29) is 23.1 Å². The van der Waals surface area contributed by atoms with Crippen molar-refractivity contribution in [2.75, 3.05) is 10.6 Å². The minimum absolute atomic E-state index is 0.0516. The fraction of sp³-hybridized carbons (Fsp3) is 0.400. The Kier molecular flexibility index (Phi) is 7.14. The molecule has 2 amide bonds. The lowest BCUT2D eigenvalue weighted by atomic mass is 9.97. The van der Waals surface area contributed by atoms with Crippen molar-refractivity contribution in [2.45, 2.75) is 46.7 Å². The second-order valence-electron chi connectivity index (χ2n) is 7.48. The fourth-order valence-corrected chi connectivity index (χ4v) is 3.03. The Morgan fingerprint density at radius 2 is 1.83 bits per heavy atom. The van der Waals surface area contributed by atoms with Crippen LogP contribution in [-0.4, -0.2) is 39.2 Å². The molecule has 0 saturated carbocycles. The number of halogens is 1. The molecule has 6 N–H and O–H groups in total. The molecule has 162 valence electrons. The molecule has 2 aromatic heterocycles. The van der Waals surface area contributed by atoms with Gasteiger partial charge in [0.1, 0.15) is 5.82 Å². The predicted octanol–water partition coefficient (Wildman–Crippen LogP) is 3.17. The third kappa shape index (κ3) is 5.56. The summed E-state index contributed by atoms with van der Waals surface area (Å²) in [6, 6.07) is 1.83. The van der Waals surface area contributed by atoms with Gasteiger partial charge in [-0.1, -0.05) is 13.8 Å². The van der Waals surface area contributed by atoms with Crippen LogP contribution in [0.15, 0.2) is 18.3 Å². The van der Waals surface area contributed by atoms with Crippen LogP contribution in [0.5, 0.6) is 0 Å². The van der Waals surface area contributed by atoms with E-state index in [1.165, 1.54) is 0 Å². The van der Waals surface area contributed by atoms with E-state index in [0.29, 0.717) is 5.69 Å². The lowest BCUT2D eigenvalue weighted by Gasteiger charge is -2.29. The van der Waals surface area contributed by atoms with Crippen molar-refractivity contribution < 1.29 is 19.1 Å². The molecule has 2 atom stereocenters. The molecule has 9 nitrogen and oxygen atoms in total. The minimum atomic E-state index is -1.18. The number of hydrogen-bond acceptors (Lipinski definition) is 6. The quantitative estimate of drug-likeness (QED) is 0.443. The van der Waals surface area contributed by atoms with Crippen LogP contribution >= 0.6 is 0 Å². The maximum Gasteiger partial charge on any atom is 0.404 e. The van der Waals surface area contributed by atoms with E-state index >= 15 is 0 Å². The van der Waals surface area contributed by atoms with E-state index in [1.54, 1.807) is 13.1 Å². The van der Waals surface area contributed by atoms with Gasteiger partial charge >= 0.3 is 6.09 Å². The summed E-state index contributed by atoms with van der Waals surface area (Å²) in [4.78, 5) is 31.3. The van der Waals surface area contributed by atoms with Crippen molar-refractivity contribution in [3.8, 4) is 0 Å². The Hall–Kier alpha value is -3.43. The van der Waals surface area contributed by atoms with Crippen molar-refractivity contribution in [2.24, 2.45) is 11.7 Å². The zero-order valence-electron chi connectivity index (χ0n) is 17.6. The van der Waals surface area contributed by atoms with Crippen LogP contribution in [0.25, 0.3) is 0 Å². The lowest BCUT2D eigenvalue weighted by molar-refractivity contribution is 0.1000. The summed E-state index contributed by atoms with van der Waals surface area (Å²) in [6.07, 6.45) is 0.387. The number of carbonyl (C=O) groups is 2. The number of amides is 2. The zero-order valence-corrected chi connectivity index (χ0v) is 17.6. The van der Waals surface area contributed by atoms with Gasteiger partial charge in [0, 0.05) is 17.8 Å². The lowest BCUT2D eigenvalue weighted by Crippen LogP contribution is -2.47. The highest BCUT2D eigenvalue weighted by atomic mass is 19.1. The Bertz CT molecular complexity index is 950. The highest BCUT2D eigenvalue weighted by Crippen LogP contribution is 2.26. The molecule has 0 radical (unpaired) electrons. The van der Waals surface area contributed by atoms with E-state index in [4.69, 9.17) is 10.8 Å². The number of rotatable bonds is 8. The molecule has 2 heterocycles. The first-order valence-corrected chi connectivity index (χ1v) is 9.46. The van der Waals surface area contributed by atoms with Crippen molar-refractivity contribution in [3.05, 3.63) is 41.0 Å². The standard InChI is InChI=1S/C20H27FN6O3/c1-9(2)16(12(5)24-20(29)30)26-19-15(21)7-14(17(22)28)18(27-19)25-13-6-10(3)11(4)23-8-13/h6-9,12,16,24H,1-5H3,(H2,22,28)(H,29,30)(H2,25,26,27)/t12-,16-/m0/s1. The van der Waals surface area contributed by atoms with Crippen molar-refractivity contribution >= 4 is 29.3 Å². The summed E-state index contributed by atoms with van der Waals surface area (Å²) in [5.74, 6) is -1.73. The predicted molar refractivity (Wildman–Crippen MR) is 113 cm³/mol. The first kappa shape index (κ1) is 22.9. The topological polar surface area (TPSA) is 142 Å². The molecule has 0 bridgehead atoms.